The van der Waals surface area contributed by atoms with Crippen molar-refractivity contribution >= 4 is 44.4 Å². The van der Waals surface area contributed by atoms with Gasteiger partial charge in [-0.15, -0.1) is 17.9 Å². The summed E-state index contributed by atoms with van der Waals surface area (Å²) in [5.41, 5.74) is 0.285. The normalized spacial score (nSPS) is 11.5. The van der Waals surface area contributed by atoms with Crippen LogP contribution in [0, 0.1) is 0 Å². The Balaban J connectivity index is 2.08. The number of nitrogens with zero attached hydrogens (tertiary/aromatic N) is 1. The molecule has 1 amide bonds. The predicted molar refractivity (Wildman–Crippen MR) is 103 cm³/mol. The Morgan fingerprint density at radius 1 is 1.32 bits per heavy atom. The van der Waals surface area contributed by atoms with E-state index in [1.807, 2.05) is 17.0 Å². The zero-order valence-electron chi connectivity index (χ0n) is 13.7. The lowest BCUT2D eigenvalue weighted by Gasteiger charge is -2.19. The summed E-state index contributed by atoms with van der Waals surface area (Å²) in [7, 11) is -3.42. The van der Waals surface area contributed by atoms with E-state index in [0.29, 0.717) is 17.4 Å². The van der Waals surface area contributed by atoms with Gasteiger partial charge in [0.2, 0.25) is 5.91 Å². The van der Waals surface area contributed by atoms with Crippen molar-refractivity contribution in [3.8, 4) is 0 Å². The van der Waals surface area contributed by atoms with Crippen LogP contribution in [0.2, 0.25) is 4.34 Å². The number of hydrogen-bond donors (Lipinski definition) is 1. The Hall–Kier alpha value is -1.67. The number of amides is 1. The summed E-state index contributed by atoms with van der Waals surface area (Å²) in [5.74, 6) is -0.291. The van der Waals surface area contributed by atoms with E-state index in [9.17, 15) is 13.2 Å². The number of anilines is 1. The zero-order valence-corrected chi connectivity index (χ0v) is 16.1. The monoisotopic (exact) mass is 398 g/mol. The van der Waals surface area contributed by atoms with Gasteiger partial charge in [-0.2, -0.15) is 0 Å². The van der Waals surface area contributed by atoms with Crippen LogP contribution in [0.3, 0.4) is 0 Å². The highest BCUT2D eigenvalue weighted by atomic mass is 35.5. The highest BCUT2D eigenvalue weighted by molar-refractivity contribution is 7.90. The molecule has 2 aromatic rings. The van der Waals surface area contributed by atoms with Gasteiger partial charge in [0.15, 0.2) is 9.84 Å². The van der Waals surface area contributed by atoms with Crippen molar-refractivity contribution < 1.29 is 13.2 Å². The number of para-hydroxylation sites is 1. The minimum Gasteiger partial charge on any atom is -0.324 e. The van der Waals surface area contributed by atoms with Crippen molar-refractivity contribution in [2.24, 2.45) is 0 Å². The van der Waals surface area contributed by atoms with Crippen molar-refractivity contribution in [1.82, 2.24) is 4.90 Å². The Morgan fingerprint density at radius 3 is 2.64 bits per heavy atom. The molecule has 25 heavy (non-hydrogen) atoms. The first-order chi connectivity index (χ1) is 11.8. The summed E-state index contributed by atoms with van der Waals surface area (Å²) >= 11 is 7.40. The zero-order chi connectivity index (χ0) is 18.4. The van der Waals surface area contributed by atoms with Crippen LogP contribution in [-0.2, 0) is 21.2 Å². The quantitative estimate of drug-likeness (QED) is 0.692. The van der Waals surface area contributed by atoms with Crippen molar-refractivity contribution in [2.75, 3.05) is 24.7 Å². The number of halogens is 1. The van der Waals surface area contributed by atoms with Gasteiger partial charge in [0.05, 0.1) is 21.5 Å². The molecule has 8 heteroatoms. The summed E-state index contributed by atoms with van der Waals surface area (Å²) in [6, 6.07) is 10.1. The molecule has 1 aromatic heterocycles. The van der Waals surface area contributed by atoms with E-state index in [1.54, 1.807) is 24.3 Å². The number of rotatable bonds is 8. The molecular weight excluding hydrogens is 380 g/mol. The highest BCUT2D eigenvalue weighted by Gasteiger charge is 2.16. The van der Waals surface area contributed by atoms with E-state index in [-0.39, 0.29) is 23.0 Å². The van der Waals surface area contributed by atoms with E-state index in [4.69, 9.17) is 11.6 Å². The van der Waals surface area contributed by atoms with Gasteiger partial charge in [0, 0.05) is 24.2 Å². The fourth-order valence-corrected chi connectivity index (χ4v) is 4.29. The molecule has 134 valence electrons. The molecule has 0 atom stereocenters. The van der Waals surface area contributed by atoms with Gasteiger partial charge in [-0.1, -0.05) is 29.8 Å². The molecule has 0 fully saturated rings. The minimum atomic E-state index is -3.42. The maximum absolute atomic E-state index is 12.4. The van der Waals surface area contributed by atoms with Crippen LogP contribution in [0.4, 0.5) is 5.69 Å². The second-order valence-corrected chi connectivity index (χ2v) is 9.26. The molecule has 0 saturated carbocycles. The molecule has 0 radical (unpaired) electrons. The number of benzene rings is 1. The molecule has 2 rings (SSSR count). The van der Waals surface area contributed by atoms with E-state index < -0.39 is 9.84 Å². The molecule has 0 unspecified atom stereocenters. The third kappa shape index (κ3) is 5.97. The number of sulfone groups is 1. The highest BCUT2D eigenvalue weighted by Crippen LogP contribution is 2.23. The molecule has 0 aliphatic carbocycles. The second-order valence-electron chi connectivity index (χ2n) is 5.48. The Labute approximate surface area is 156 Å². The molecule has 0 aliphatic rings. The average Bonchev–Trinajstić information content (AvgIpc) is 2.92. The Kier molecular flexibility index (Phi) is 6.78. The van der Waals surface area contributed by atoms with Crippen molar-refractivity contribution in [2.45, 2.75) is 11.4 Å². The van der Waals surface area contributed by atoms with Crippen molar-refractivity contribution in [3.05, 3.63) is 58.3 Å². The van der Waals surface area contributed by atoms with Gasteiger partial charge in [-0.25, -0.2) is 8.42 Å². The van der Waals surface area contributed by atoms with E-state index in [2.05, 4.69) is 11.9 Å². The van der Waals surface area contributed by atoms with Gasteiger partial charge in [-0.05, 0) is 24.3 Å². The first-order valence-electron chi connectivity index (χ1n) is 7.46. The number of carbonyl (C=O) groups excluding carboxylic acids is 1. The maximum Gasteiger partial charge on any atom is 0.238 e. The van der Waals surface area contributed by atoms with Crippen LogP contribution in [0.5, 0.6) is 0 Å². The molecule has 1 N–H and O–H groups in total. The largest absolute Gasteiger partial charge is 0.324 e. The van der Waals surface area contributed by atoms with E-state index in [1.165, 1.54) is 17.4 Å². The lowest BCUT2D eigenvalue weighted by Crippen LogP contribution is -2.33. The van der Waals surface area contributed by atoms with E-state index in [0.717, 1.165) is 11.1 Å². The summed E-state index contributed by atoms with van der Waals surface area (Å²) in [6.07, 6.45) is 2.83. The number of carbonyl (C=O) groups is 1. The van der Waals surface area contributed by atoms with Crippen molar-refractivity contribution in [3.63, 3.8) is 0 Å². The molecular formula is C17H19ClN2O3S2. The number of thiophene rings is 1. The minimum absolute atomic E-state index is 0.101. The van der Waals surface area contributed by atoms with Gasteiger partial charge in [0.25, 0.3) is 0 Å². The van der Waals surface area contributed by atoms with Crippen LogP contribution in [0.25, 0.3) is 0 Å². The van der Waals surface area contributed by atoms with Crippen LogP contribution in [0.15, 0.2) is 53.9 Å². The van der Waals surface area contributed by atoms with Crippen LogP contribution in [-0.4, -0.2) is 38.6 Å². The molecule has 0 saturated heterocycles. The third-order valence-corrected chi connectivity index (χ3v) is 5.69. The predicted octanol–water partition coefficient (Wildman–Crippen LogP) is 3.43. The third-order valence-electron chi connectivity index (χ3n) is 3.32. The molecule has 1 heterocycles. The Bertz CT molecular complexity index is 862. The maximum atomic E-state index is 12.4. The van der Waals surface area contributed by atoms with E-state index >= 15 is 0 Å². The summed E-state index contributed by atoms with van der Waals surface area (Å²) in [4.78, 5) is 15.4. The van der Waals surface area contributed by atoms with Crippen LogP contribution < -0.4 is 5.32 Å². The van der Waals surface area contributed by atoms with Gasteiger partial charge in [-0.3, -0.25) is 9.69 Å². The molecule has 0 aliphatic heterocycles. The SMILES string of the molecule is C=CCN(CC(=O)Nc1ccccc1S(C)(=O)=O)Cc1ccc(Cl)s1. The molecule has 0 bridgehead atoms. The first-order valence-corrected chi connectivity index (χ1v) is 10.5. The van der Waals surface area contributed by atoms with Crippen molar-refractivity contribution in [1.29, 1.82) is 0 Å². The number of nitrogens with one attached hydrogen (secondary N) is 1. The molecule has 1 aromatic carbocycles. The standard InChI is InChI=1S/C17H19ClN2O3S2/c1-3-10-20(11-13-8-9-16(18)24-13)12-17(21)19-14-6-4-5-7-15(14)25(2,22)23/h3-9H,1,10-12H2,2H3,(H,19,21). The van der Waals surface area contributed by atoms with Gasteiger partial charge in [0.1, 0.15) is 0 Å². The smallest absolute Gasteiger partial charge is 0.238 e. The summed E-state index contributed by atoms with van der Waals surface area (Å²) < 4.78 is 24.3. The van der Waals surface area contributed by atoms with Gasteiger partial charge < -0.3 is 5.32 Å². The number of hydrogen-bond acceptors (Lipinski definition) is 5. The topological polar surface area (TPSA) is 66.5 Å². The first kappa shape index (κ1) is 19.7. The fourth-order valence-electron chi connectivity index (χ4n) is 2.31. The summed E-state index contributed by atoms with van der Waals surface area (Å²) in [6.45, 7) is 4.90. The lowest BCUT2D eigenvalue weighted by atomic mass is 10.3. The molecule has 0 spiro atoms. The fraction of sp³-hybridized carbons (Fsp3) is 0.235. The van der Waals surface area contributed by atoms with Gasteiger partial charge >= 0.3 is 0 Å². The lowest BCUT2D eigenvalue weighted by molar-refractivity contribution is -0.117. The molecule has 5 nitrogen and oxygen atoms in total. The van der Waals surface area contributed by atoms with Crippen LogP contribution in [0.1, 0.15) is 4.88 Å². The Morgan fingerprint density at radius 2 is 2.04 bits per heavy atom. The van der Waals surface area contributed by atoms with Crippen LogP contribution >= 0.6 is 22.9 Å². The average molecular weight is 399 g/mol. The summed E-state index contributed by atoms with van der Waals surface area (Å²) in [5, 5.41) is 2.68. The second kappa shape index (κ2) is 8.62.